The van der Waals surface area contributed by atoms with Crippen molar-refractivity contribution < 1.29 is 13.7 Å². The summed E-state index contributed by atoms with van der Waals surface area (Å²) in [6, 6.07) is 7.17. The van der Waals surface area contributed by atoms with Crippen LogP contribution in [0.25, 0.3) is 0 Å². The van der Waals surface area contributed by atoms with Gasteiger partial charge in [0.15, 0.2) is 0 Å². The first-order valence-electron chi connectivity index (χ1n) is 5.43. The molecule has 0 aliphatic rings. The van der Waals surface area contributed by atoms with Crippen LogP contribution < -0.4 is 0 Å². The van der Waals surface area contributed by atoms with Crippen molar-refractivity contribution in [3.05, 3.63) is 28.7 Å². The van der Waals surface area contributed by atoms with Gasteiger partial charge >= 0.3 is 5.97 Å². The topological polar surface area (TPSA) is 43.4 Å². The molecule has 5 heteroatoms. The molecule has 0 bridgehead atoms. The van der Waals surface area contributed by atoms with Crippen LogP contribution in [0, 0.1) is 0 Å². The van der Waals surface area contributed by atoms with Gasteiger partial charge in [-0.05, 0) is 34.5 Å². The van der Waals surface area contributed by atoms with Crippen molar-refractivity contribution in [3.63, 3.8) is 0 Å². The maximum absolute atomic E-state index is 11.9. The standard InChI is InChI=1S/C12H15BrO3S/c1-2-3-8-16-12(14)9-17(15)11-7-5-4-6-10(11)13/h4-7H,2-3,8-9H2,1H3. The highest BCUT2D eigenvalue weighted by atomic mass is 79.9. The molecule has 0 heterocycles. The zero-order valence-electron chi connectivity index (χ0n) is 9.65. The molecule has 1 unspecified atom stereocenters. The second-order valence-corrected chi connectivity index (χ2v) is 5.77. The first-order chi connectivity index (χ1) is 8.15. The Bertz CT molecular complexity index is 406. The van der Waals surface area contributed by atoms with Crippen molar-refractivity contribution in [2.45, 2.75) is 24.7 Å². The average molecular weight is 319 g/mol. The van der Waals surface area contributed by atoms with Crippen molar-refractivity contribution in [2.24, 2.45) is 0 Å². The van der Waals surface area contributed by atoms with Gasteiger partial charge in [-0.25, -0.2) is 0 Å². The fourth-order valence-electron chi connectivity index (χ4n) is 1.19. The van der Waals surface area contributed by atoms with E-state index >= 15 is 0 Å². The monoisotopic (exact) mass is 318 g/mol. The first kappa shape index (κ1) is 14.4. The number of rotatable bonds is 6. The summed E-state index contributed by atoms with van der Waals surface area (Å²) in [5.41, 5.74) is 0. The van der Waals surface area contributed by atoms with E-state index in [9.17, 15) is 9.00 Å². The van der Waals surface area contributed by atoms with Crippen molar-refractivity contribution in [3.8, 4) is 0 Å². The summed E-state index contributed by atoms with van der Waals surface area (Å²) in [5.74, 6) is -0.501. The molecule has 0 aromatic heterocycles. The molecule has 1 aromatic carbocycles. The van der Waals surface area contributed by atoms with Crippen LogP contribution in [0.5, 0.6) is 0 Å². The predicted octanol–water partition coefficient (Wildman–Crippen LogP) is 2.90. The summed E-state index contributed by atoms with van der Waals surface area (Å²) in [6.07, 6.45) is 1.81. The Kier molecular flexibility index (Phi) is 6.44. The number of carbonyl (C=O) groups excluding carboxylic acids is 1. The third kappa shape index (κ3) is 5.00. The van der Waals surface area contributed by atoms with E-state index in [2.05, 4.69) is 15.9 Å². The molecule has 0 spiro atoms. The number of halogens is 1. The third-order valence-electron chi connectivity index (χ3n) is 2.09. The molecule has 1 atom stereocenters. The Morgan fingerprint density at radius 3 is 2.76 bits per heavy atom. The molecule has 0 saturated carbocycles. The maximum Gasteiger partial charge on any atom is 0.318 e. The minimum absolute atomic E-state index is 0.0909. The normalized spacial score (nSPS) is 12.1. The molecule has 0 amide bonds. The van der Waals surface area contributed by atoms with Crippen LogP contribution in [0.15, 0.2) is 33.6 Å². The van der Waals surface area contributed by atoms with Crippen LogP contribution >= 0.6 is 15.9 Å². The van der Waals surface area contributed by atoms with Gasteiger partial charge in [-0.1, -0.05) is 25.5 Å². The number of benzene rings is 1. The van der Waals surface area contributed by atoms with E-state index in [1.54, 1.807) is 18.2 Å². The molecular formula is C12H15BrO3S. The van der Waals surface area contributed by atoms with Crippen LogP contribution in [0.3, 0.4) is 0 Å². The second kappa shape index (κ2) is 7.61. The van der Waals surface area contributed by atoms with Crippen LogP contribution in [0.2, 0.25) is 0 Å². The first-order valence-corrected chi connectivity index (χ1v) is 7.55. The highest BCUT2D eigenvalue weighted by molar-refractivity contribution is 9.10. The number of ether oxygens (including phenoxy) is 1. The van der Waals surface area contributed by atoms with E-state index in [1.165, 1.54) is 0 Å². The fraction of sp³-hybridized carbons (Fsp3) is 0.417. The molecular weight excluding hydrogens is 304 g/mol. The lowest BCUT2D eigenvalue weighted by Gasteiger charge is -2.05. The molecule has 0 saturated heterocycles. The molecule has 1 aromatic rings. The summed E-state index contributed by atoms with van der Waals surface area (Å²) >= 11 is 3.31. The Labute approximate surface area is 112 Å². The number of hydrogen-bond donors (Lipinski definition) is 0. The van der Waals surface area contributed by atoms with Crippen LogP contribution in [-0.4, -0.2) is 22.5 Å². The number of carbonyl (C=O) groups is 1. The lowest BCUT2D eigenvalue weighted by Crippen LogP contribution is -2.15. The molecule has 1 rings (SSSR count). The highest BCUT2D eigenvalue weighted by Gasteiger charge is 2.13. The molecule has 0 aliphatic carbocycles. The summed E-state index contributed by atoms with van der Waals surface area (Å²) in [6.45, 7) is 2.43. The van der Waals surface area contributed by atoms with Crippen LogP contribution in [0.1, 0.15) is 19.8 Å². The van der Waals surface area contributed by atoms with Gasteiger partial charge in [0.1, 0.15) is 5.75 Å². The smallest absolute Gasteiger partial charge is 0.318 e. The maximum atomic E-state index is 11.9. The Balaban J connectivity index is 2.49. The summed E-state index contributed by atoms with van der Waals surface area (Å²) in [5, 5.41) is 0. The zero-order valence-corrected chi connectivity index (χ0v) is 12.1. The minimum atomic E-state index is -1.35. The Hall–Kier alpha value is -0.680. The average Bonchev–Trinajstić information content (AvgIpc) is 2.29. The molecule has 0 aliphatic heterocycles. The summed E-state index contributed by atoms with van der Waals surface area (Å²) in [4.78, 5) is 12.0. The number of unbranched alkanes of at least 4 members (excludes halogenated alkanes) is 1. The lowest BCUT2D eigenvalue weighted by molar-refractivity contribution is -0.140. The summed E-state index contributed by atoms with van der Waals surface area (Å²) in [7, 11) is -1.35. The summed E-state index contributed by atoms with van der Waals surface area (Å²) < 4.78 is 17.6. The molecule has 3 nitrogen and oxygen atoms in total. The van der Waals surface area contributed by atoms with Crippen molar-refractivity contribution in [2.75, 3.05) is 12.4 Å². The largest absolute Gasteiger partial charge is 0.465 e. The Morgan fingerprint density at radius 1 is 1.41 bits per heavy atom. The Morgan fingerprint density at radius 2 is 2.12 bits per heavy atom. The zero-order chi connectivity index (χ0) is 12.7. The third-order valence-corrected chi connectivity index (χ3v) is 4.39. The minimum Gasteiger partial charge on any atom is -0.465 e. The van der Waals surface area contributed by atoms with Gasteiger partial charge in [-0.2, -0.15) is 0 Å². The molecule has 17 heavy (non-hydrogen) atoms. The van der Waals surface area contributed by atoms with Gasteiger partial charge in [0.25, 0.3) is 0 Å². The van der Waals surface area contributed by atoms with E-state index in [0.717, 1.165) is 17.3 Å². The highest BCUT2D eigenvalue weighted by Crippen LogP contribution is 2.19. The van der Waals surface area contributed by atoms with E-state index in [0.29, 0.717) is 11.5 Å². The van der Waals surface area contributed by atoms with Crippen molar-refractivity contribution in [1.82, 2.24) is 0 Å². The van der Waals surface area contributed by atoms with E-state index in [-0.39, 0.29) is 5.75 Å². The van der Waals surface area contributed by atoms with E-state index in [4.69, 9.17) is 4.74 Å². The second-order valence-electron chi connectivity index (χ2n) is 3.49. The fourth-order valence-corrected chi connectivity index (χ4v) is 2.98. The van der Waals surface area contributed by atoms with Gasteiger partial charge in [0.05, 0.1) is 22.3 Å². The van der Waals surface area contributed by atoms with Crippen LogP contribution in [0.4, 0.5) is 0 Å². The molecule has 0 N–H and O–H groups in total. The van der Waals surface area contributed by atoms with Gasteiger partial charge in [-0.3, -0.25) is 9.00 Å². The number of esters is 1. The van der Waals surface area contributed by atoms with Crippen molar-refractivity contribution in [1.29, 1.82) is 0 Å². The van der Waals surface area contributed by atoms with Gasteiger partial charge in [-0.15, -0.1) is 0 Å². The van der Waals surface area contributed by atoms with Crippen LogP contribution in [-0.2, 0) is 20.3 Å². The van der Waals surface area contributed by atoms with Gasteiger partial charge in [0.2, 0.25) is 0 Å². The van der Waals surface area contributed by atoms with E-state index in [1.807, 2.05) is 13.0 Å². The molecule has 0 fully saturated rings. The predicted molar refractivity (Wildman–Crippen MR) is 71.3 cm³/mol. The van der Waals surface area contributed by atoms with Crippen molar-refractivity contribution >= 4 is 32.7 Å². The van der Waals surface area contributed by atoms with Gasteiger partial charge < -0.3 is 4.74 Å². The molecule has 0 radical (unpaired) electrons. The number of hydrogen-bond acceptors (Lipinski definition) is 3. The quantitative estimate of drug-likeness (QED) is 0.598. The lowest BCUT2D eigenvalue weighted by atomic mass is 10.4. The van der Waals surface area contributed by atoms with E-state index < -0.39 is 16.8 Å². The van der Waals surface area contributed by atoms with Gasteiger partial charge in [0, 0.05) is 4.47 Å². The molecule has 94 valence electrons. The SMILES string of the molecule is CCCCOC(=O)CS(=O)c1ccccc1Br.